The van der Waals surface area contributed by atoms with E-state index in [-0.39, 0.29) is 11.6 Å². The summed E-state index contributed by atoms with van der Waals surface area (Å²) >= 11 is 1.39. The fourth-order valence-corrected chi connectivity index (χ4v) is 3.03. The lowest BCUT2D eigenvalue weighted by atomic mass is 10.1. The van der Waals surface area contributed by atoms with Crippen LogP contribution in [0, 0.1) is 11.6 Å². The number of hydrogen-bond donors (Lipinski definition) is 1. The summed E-state index contributed by atoms with van der Waals surface area (Å²) in [7, 11) is 0. The van der Waals surface area contributed by atoms with Gasteiger partial charge in [-0.3, -0.25) is 9.20 Å². The predicted molar refractivity (Wildman–Crippen MR) is 79.7 cm³/mol. The van der Waals surface area contributed by atoms with E-state index in [0.717, 1.165) is 6.07 Å². The van der Waals surface area contributed by atoms with Gasteiger partial charge < -0.3 is 5.32 Å². The van der Waals surface area contributed by atoms with Crippen molar-refractivity contribution in [2.45, 2.75) is 19.5 Å². The monoisotopic (exact) mass is 322 g/mol. The first-order valence-corrected chi connectivity index (χ1v) is 7.66. The number of rotatable bonds is 4. The van der Waals surface area contributed by atoms with Crippen LogP contribution in [0.1, 0.15) is 24.2 Å². The molecule has 2 aromatic heterocycles. The van der Waals surface area contributed by atoms with Crippen molar-refractivity contribution in [1.82, 2.24) is 9.38 Å². The summed E-state index contributed by atoms with van der Waals surface area (Å²) in [6.45, 7) is 2.27. The van der Waals surface area contributed by atoms with Crippen LogP contribution in [0.2, 0.25) is 0 Å². The quantitative estimate of drug-likeness (QED) is 0.797. The van der Waals surface area contributed by atoms with Crippen LogP contribution in [-0.2, 0) is 6.54 Å². The molecule has 0 aliphatic heterocycles. The number of aromatic nitrogens is 2. The van der Waals surface area contributed by atoms with Gasteiger partial charge in [0.15, 0.2) is 4.96 Å². The molecule has 3 rings (SSSR count). The molecular weight excluding hydrogens is 308 g/mol. The van der Waals surface area contributed by atoms with E-state index >= 15 is 0 Å². The average Bonchev–Trinajstić information content (AvgIpc) is 2.93. The molecule has 0 aliphatic rings. The van der Waals surface area contributed by atoms with Gasteiger partial charge in [0.05, 0.1) is 0 Å². The van der Waals surface area contributed by atoms with Crippen molar-refractivity contribution in [3.8, 4) is 0 Å². The summed E-state index contributed by atoms with van der Waals surface area (Å²) in [5, 5.41) is 3.66. The highest BCUT2D eigenvalue weighted by molar-refractivity contribution is 7.15. The molecule has 7 heteroatoms. The SMILES string of the molecule is C[C@@H]([NH2+]Cc1cc(=O)n2ccsc2n1)c1ccc(F)cc1F. The van der Waals surface area contributed by atoms with Gasteiger partial charge in [-0.25, -0.2) is 13.8 Å². The van der Waals surface area contributed by atoms with Crippen LogP contribution >= 0.6 is 11.3 Å². The number of nitrogens with zero attached hydrogens (tertiary/aromatic N) is 2. The van der Waals surface area contributed by atoms with Crippen molar-refractivity contribution in [2.24, 2.45) is 0 Å². The molecule has 0 amide bonds. The molecule has 0 saturated heterocycles. The molecule has 1 aromatic carbocycles. The zero-order valence-corrected chi connectivity index (χ0v) is 12.6. The molecule has 2 N–H and O–H groups in total. The first kappa shape index (κ1) is 14.8. The lowest BCUT2D eigenvalue weighted by Gasteiger charge is -2.11. The molecule has 0 bridgehead atoms. The highest BCUT2D eigenvalue weighted by Crippen LogP contribution is 2.15. The maximum atomic E-state index is 13.7. The van der Waals surface area contributed by atoms with E-state index in [9.17, 15) is 13.6 Å². The van der Waals surface area contributed by atoms with Gasteiger partial charge in [-0.1, -0.05) is 0 Å². The fourth-order valence-electron chi connectivity index (χ4n) is 2.29. The van der Waals surface area contributed by atoms with Crippen LogP contribution in [0.5, 0.6) is 0 Å². The molecule has 114 valence electrons. The Morgan fingerprint density at radius 2 is 2.18 bits per heavy atom. The third-order valence-corrected chi connectivity index (χ3v) is 4.25. The summed E-state index contributed by atoms with van der Waals surface area (Å²) in [6.07, 6.45) is 1.68. The van der Waals surface area contributed by atoms with Gasteiger partial charge in [-0.15, -0.1) is 11.3 Å². The van der Waals surface area contributed by atoms with Crippen LogP contribution in [0.3, 0.4) is 0 Å². The fraction of sp³-hybridized carbons (Fsp3) is 0.200. The van der Waals surface area contributed by atoms with Crippen LogP contribution in [0.4, 0.5) is 8.78 Å². The second kappa shape index (κ2) is 5.94. The summed E-state index contributed by atoms with van der Waals surface area (Å²) in [5.41, 5.74) is 0.937. The van der Waals surface area contributed by atoms with Gasteiger partial charge in [0.2, 0.25) is 0 Å². The third kappa shape index (κ3) is 2.90. The summed E-state index contributed by atoms with van der Waals surface area (Å²) < 4.78 is 28.1. The molecule has 2 heterocycles. The lowest BCUT2D eigenvalue weighted by Crippen LogP contribution is -2.83. The Kier molecular flexibility index (Phi) is 4.00. The van der Waals surface area contributed by atoms with Crippen molar-refractivity contribution in [3.05, 3.63) is 69.1 Å². The molecule has 0 unspecified atom stereocenters. The zero-order valence-electron chi connectivity index (χ0n) is 11.8. The van der Waals surface area contributed by atoms with Crippen LogP contribution in [0.15, 0.2) is 40.6 Å². The molecule has 0 spiro atoms. The standard InChI is InChI=1S/C15H13F2N3OS/c1-9(12-3-2-10(16)6-13(12)17)18-8-11-7-14(21)20-4-5-22-15(20)19-11/h2-7,9,18H,8H2,1H3/p+1/t9-/m1/s1. The van der Waals surface area contributed by atoms with E-state index in [1.54, 1.807) is 11.6 Å². The Balaban J connectivity index is 1.77. The first-order chi connectivity index (χ1) is 10.5. The van der Waals surface area contributed by atoms with Gasteiger partial charge in [0, 0.05) is 29.3 Å². The molecule has 3 aromatic rings. The Morgan fingerprint density at radius 3 is 2.95 bits per heavy atom. The van der Waals surface area contributed by atoms with E-state index < -0.39 is 11.6 Å². The predicted octanol–water partition coefficient (Wildman–Crippen LogP) is 1.86. The maximum Gasteiger partial charge on any atom is 0.258 e. The number of halogens is 2. The second-order valence-corrected chi connectivity index (χ2v) is 5.91. The molecule has 0 aliphatic carbocycles. The van der Waals surface area contributed by atoms with E-state index in [4.69, 9.17) is 0 Å². The lowest BCUT2D eigenvalue weighted by molar-refractivity contribution is -0.708. The number of nitrogens with two attached hydrogens (primary N) is 1. The minimum absolute atomic E-state index is 0.129. The van der Waals surface area contributed by atoms with E-state index in [2.05, 4.69) is 4.98 Å². The van der Waals surface area contributed by atoms with Crippen LogP contribution < -0.4 is 10.9 Å². The summed E-state index contributed by atoms with van der Waals surface area (Å²) in [5.74, 6) is -1.16. The van der Waals surface area contributed by atoms with Crippen molar-refractivity contribution in [1.29, 1.82) is 0 Å². The van der Waals surface area contributed by atoms with Crippen LogP contribution in [-0.4, -0.2) is 9.38 Å². The summed E-state index contributed by atoms with van der Waals surface area (Å²) in [4.78, 5) is 16.9. The largest absolute Gasteiger partial charge is 0.335 e. The zero-order chi connectivity index (χ0) is 15.7. The highest BCUT2D eigenvalue weighted by Gasteiger charge is 2.15. The maximum absolute atomic E-state index is 13.7. The number of fused-ring (bicyclic) bond motifs is 1. The van der Waals surface area contributed by atoms with Crippen molar-refractivity contribution in [3.63, 3.8) is 0 Å². The van der Waals surface area contributed by atoms with Crippen molar-refractivity contribution < 1.29 is 14.1 Å². The van der Waals surface area contributed by atoms with E-state index in [1.165, 1.54) is 33.9 Å². The van der Waals surface area contributed by atoms with Crippen LogP contribution in [0.25, 0.3) is 4.96 Å². The normalized spacial score (nSPS) is 12.7. The number of benzene rings is 1. The smallest absolute Gasteiger partial charge is 0.258 e. The number of hydrogen-bond acceptors (Lipinski definition) is 3. The number of quaternary nitrogens is 1. The van der Waals surface area contributed by atoms with Gasteiger partial charge in [0.25, 0.3) is 5.56 Å². The highest BCUT2D eigenvalue weighted by atomic mass is 32.1. The molecule has 22 heavy (non-hydrogen) atoms. The molecular formula is C15H14F2N3OS+. The Morgan fingerprint density at radius 1 is 1.36 bits per heavy atom. The molecule has 4 nitrogen and oxygen atoms in total. The minimum Gasteiger partial charge on any atom is -0.335 e. The van der Waals surface area contributed by atoms with E-state index in [0.29, 0.717) is 22.8 Å². The minimum atomic E-state index is -0.591. The van der Waals surface area contributed by atoms with Crippen molar-refractivity contribution in [2.75, 3.05) is 0 Å². The second-order valence-electron chi connectivity index (χ2n) is 5.04. The summed E-state index contributed by atoms with van der Waals surface area (Å²) in [6, 6.07) is 4.83. The Bertz CT molecular complexity index is 875. The third-order valence-electron chi connectivity index (χ3n) is 3.49. The van der Waals surface area contributed by atoms with Gasteiger partial charge in [0.1, 0.15) is 29.9 Å². The van der Waals surface area contributed by atoms with Gasteiger partial charge >= 0.3 is 0 Å². The Labute approximate surface area is 129 Å². The van der Waals surface area contributed by atoms with Crippen molar-refractivity contribution >= 4 is 16.3 Å². The molecule has 0 saturated carbocycles. The Hall–Kier alpha value is -2.12. The number of thiazole rings is 1. The molecule has 1 atom stereocenters. The van der Waals surface area contributed by atoms with Gasteiger partial charge in [-0.2, -0.15) is 0 Å². The average molecular weight is 322 g/mol. The van der Waals surface area contributed by atoms with Gasteiger partial charge in [-0.05, 0) is 19.1 Å². The molecule has 0 fully saturated rings. The first-order valence-electron chi connectivity index (χ1n) is 6.78. The van der Waals surface area contributed by atoms with E-state index in [1.807, 2.05) is 12.2 Å². The topological polar surface area (TPSA) is 51.0 Å². The molecule has 0 radical (unpaired) electrons.